The first-order valence-corrected chi connectivity index (χ1v) is 6.77. The second-order valence-corrected chi connectivity index (χ2v) is 5.93. The van der Waals surface area contributed by atoms with E-state index in [0.717, 1.165) is 0 Å². The second kappa shape index (κ2) is 9.51. The molecular formula is C8H20ClSi. The summed E-state index contributed by atoms with van der Waals surface area (Å²) in [5, 5.41) is 0. The highest BCUT2D eigenvalue weighted by molar-refractivity contribution is 6.55. The van der Waals surface area contributed by atoms with E-state index in [1.807, 2.05) is 0 Å². The standard InChI is InChI=1S/C8H19Si.ClH/c1-4-5-6-7-8-9(2)3;/h4-8H2,1-3H3;1H. The van der Waals surface area contributed by atoms with Crippen molar-refractivity contribution >= 4 is 21.2 Å². The Hall–Kier alpha value is 0.507. The van der Waals surface area contributed by atoms with Gasteiger partial charge in [-0.05, 0) is 0 Å². The minimum atomic E-state index is 0. The maximum absolute atomic E-state index is 2.40. The van der Waals surface area contributed by atoms with Crippen LogP contribution < -0.4 is 0 Å². The quantitative estimate of drug-likeness (QED) is 0.446. The predicted molar refractivity (Wildman–Crippen MR) is 53.7 cm³/mol. The molecule has 10 heavy (non-hydrogen) atoms. The Morgan fingerprint density at radius 2 is 1.60 bits per heavy atom. The van der Waals surface area contributed by atoms with Crippen molar-refractivity contribution in [3.63, 3.8) is 0 Å². The zero-order chi connectivity index (χ0) is 7.11. The SMILES string of the molecule is CCCCCC[Si](C)C.Cl. The summed E-state index contributed by atoms with van der Waals surface area (Å²) < 4.78 is 0. The maximum Gasteiger partial charge on any atom is 0.0412 e. The molecule has 0 heterocycles. The van der Waals surface area contributed by atoms with Crippen LogP contribution in [0, 0.1) is 0 Å². The molecule has 0 saturated carbocycles. The van der Waals surface area contributed by atoms with E-state index in [0.29, 0.717) is 0 Å². The van der Waals surface area contributed by atoms with Gasteiger partial charge in [0.1, 0.15) is 0 Å². The van der Waals surface area contributed by atoms with Crippen molar-refractivity contribution < 1.29 is 0 Å². The first kappa shape index (κ1) is 13.1. The third kappa shape index (κ3) is 11.3. The molecule has 0 bridgehead atoms. The lowest BCUT2D eigenvalue weighted by Gasteiger charge is -2.00. The van der Waals surface area contributed by atoms with Crippen LogP contribution in [0.4, 0.5) is 0 Å². The monoisotopic (exact) mass is 179 g/mol. The molecule has 0 aliphatic rings. The Morgan fingerprint density at radius 3 is 2.00 bits per heavy atom. The molecule has 0 aromatic rings. The summed E-state index contributed by atoms with van der Waals surface area (Å²) in [7, 11) is 0.0849. The Morgan fingerprint density at radius 1 is 1.00 bits per heavy atom. The normalized spacial score (nSPS) is 9.60. The molecule has 0 aromatic carbocycles. The summed E-state index contributed by atoms with van der Waals surface area (Å²) in [5.41, 5.74) is 0. The largest absolute Gasteiger partial charge is 0.147 e. The van der Waals surface area contributed by atoms with E-state index in [1.165, 1.54) is 31.7 Å². The van der Waals surface area contributed by atoms with E-state index in [4.69, 9.17) is 0 Å². The summed E-state index contributed by atoms with van der Waals surface area (Å²) >= 11 is 0. The molecule has 0 atom stereocenters. The van der Waals surface area contributed by atoms with E-state index in [-0.39, 0.29) is 21.2 Å². The molecule has 0 aromatic heterocycles. The van der Waals surface area contributed by atoms with Crippen molar-refractivity contribution in [1.29, 1.82) is 0 Å². The molecule has 0 fully saturated rings. The first-order valence-electron chi connectivity index (χ1n) is 4.06. The minimum Gasteiger partial charge on any atom is -0.147 e. The van der Waals surface area contributed by atoms with Gasteiger partial charge in [0.05, 0.1) is 0 Å². The van der Waals surface area contributed by atoms with E-state index >= 15 is 0 Å². The Bertz CT molecular complexity index is 55.2. The van der Waals surface area contributed by atoms with E-state index in [2.05, 4.69) is 20.0 Å². The molecule has 0 amide bonds. The smallest absolute Gasteiger partial charge is 0.0412 e. The number of halogens is 1. The fourth-order valence-electron chi connectivity index (χ4n) is 0.905. The number of rotatable bonds is 5. The lowest BCUT2D eigenvalue weighted by atomic mass is 10.2. The van der Waals surface area contributed by atoms with Crippen LogP contribution in [0.25, 0.3) is 0 Å². The highest BCUT2D eigenvalue weighted by Gasteiger charge is 1.93. The second-order valence-electron chi connectivity index (χ2n) is 3.02. The van der Waals surface area contributed by atoms with Crippen LogP contribution in [0.2, 0.25) is 19.1 Å². The zero-order valence-corrected chi connectivity index (χ0v) is 9.26. The fraction of sp³-hybridized carbons (Fsp3) is 1.00. The Balaban J connectivity index is 0. The van der Waals surface area contributed by atoms with Gasteiger partial charge in [0.15, 0.2) is 0 Å². The molecule has 0 unspecified atom stereocenters. The van der Waals surface area contributed by atoms with Crippen LogP contribution >= 0.6 is 12.4 Å². The molecule has 0 spiro atoms. The number of unbranched alkanes of at least 4 members (excludes halogenated alkanes) is 3. The van der Waals surface area contributed by atoms with Crippen molar-refractivity contribution in [3.8, 4) is 0 Å². The molecule has 1 radical (unpaired) electrons. The van der Waals surface area contributed by atoms with E-state index in [1.54, 1.807) is 0 Å². The number of hydrogen-bond donors (Lipinski definition) is 0. The summed E-state index contributed by atoms with van der Waals surface area (Å²) in [6.45, 7) is 7.07. The molecule has 0 rings (SSSR count). The van der Waals surface area contributed by atoms with Gasteiger partial charge in [-0.15, -0.1) is 12.4 Å². The summed E-state index contributed by atoms with van der Waals surface area (Å²) in [5.74, 6) is 0. The van der Waals surface area contributed by atoms with Gasteiger partial charge in [-0.1, -0.05) is 51.7 Å². The molecule has 0 aliphatic carbocycles. The number of hydrogen-bond acceptors (Lipinski definition) is 0. The average Bonchev–Trinajstić information content (AvgIpc) is 1.80. The Kier molecular flexibility index (Phi) is 12.5. The van der Waals surface area contributed by atoms with Crippen molar-refractivity contribution in [2.75, 3.05) is 0 Å². The third-order valence-corrected chi connectivity index (χ3v) is 2.88. The van der Waals surface area contributed by atoms with Crippen molar-refractivity contribution in [1.82, 2.24) is 0 Å². The van der Waals surface area contributed by atoms with Crippen LogP contribution in [-0.2, 0) is 0 Å². The third-order valence-electron chi connectivity index (χ3n) is 1.53. The van der Waals surface area contributed by atoms with Crippen molar-refractivity contribution in [2.24, 2.45) is 0 Å². The summed E-state index contributed by atoms with van der Waals surface area (Å²) in [4.78, 5) is 0. The van der Waals surface area contributed by atoms with Gasteiger partial charge in [0.2, 0.25) is 0 Å². The molecule has 63 valence electrons. The van der Waals surface area contributed by atoms with E-state index < -0.39 is 0 Å². The van der Waals surface area contributed by atoms with Crippen molar-refractivity contribution in [3.05, 3.63) is 0 Å². The molecular weight excluding hydrogens is 160 g/mol. The lowest BCUT2D eigenvalue weighted by Crippen LogP contribution is -1.97. The zero-order valence-electron chi connectivity index (χ0n) is 7.44. The molecule has 0 N–H and O–H groups in total. The lowest BCUT2D eigenvalue weighted by molar-refractivity contribution is 0.699. The minimum absolute atomic E-state index is 0. The van der Waals surface area contributed by atoms with Gasteiger partial charge < -0.3 is 0 Å². The van der Waals surface area contributed by atoms with Gasteiger partial charge in [0.25, 0.3) is 0 Å². The average molecular weight is 180 g/mol. The van der Waals surface area contributed by atoms with Gasteiger partial charge in [-0.3, -0.25) is 0 Å². The summed E-state index contributed by atoms with van der Waals surface area (Å²) in [6.07, 6.45) is 5.76. The topological polar surface area (TPSA) is 0 Å². The van der Waals surface area contributed by atoms with Crippen LogP contribution in [0.5, 0.6) is 0 Å². The van der Waals surface area contributed by atoms with E-state index in [9.17, 15) is 0 Å². The van der Waals surface area contributed by atoms with Crippen LogP contribution in [0.15, 0.2) is 0 Å². The summed E-state index contributed by atoms with van der Waals surface area (Å²) in [6, 6.07) is 1.52. The first-order chi connectivity index (χ1) is 4.27. The van der Waals surface area contributed by atoms with Gasteiger partial charge in [0, 0.05) is 8.80 Å². The molecule has 0 nitrogen and oxygen atoms in total. The molecule has 2 heteroatoms. The van der Waals surface area contributed by atoms with Crippen molar-refractivity contribution in [2.45, 2.75) is 51.7 Å². The van der Waals surface area contributed by atoms with Crippen LogP contribution in [0.3, 0.4) is 0 Å². The maximum atomic E-state index is 2.40. The predicted octanol–water partition coefficient (Wildman–Crippen LogP) is 3.74. The molecule has 0 aliphatic heterocycles. The highest BCUT2D eigenvalue weighted by atomic mass is 35.5. The van der Waals surface area contributed by atoms with Gasteiger partial charge >= 0.3 is 0 Å². The fourth-order valence-corrected chi connectivity index (χ4v) is 1.86. The van der Waals surface area contributed by atoms with Gasteiger partial charge in [-0.2, -0.15) is 0 Å². The Labute approximate surface area is 73.4 Å². The highest BCUT2D eigenvalue weighted by Crippen LogP contribution is 2.05. The van der Waals surface area contributed by atoms with Crippen LogP contribution in [0.1, 0.15) is 32.6 Å². The van der Waals surface area contributed by atoms with Gasteiger partial charge in [-0.25, -0.2) is 0 Å². The molecule has 0 saturated heterocycles. The van der Waals surface area contributed by atoms with Crippen LogP contribution in [-0.4, -0.2) is 8.80 Å².